The number of rotatable bonds is 6. The first kappa shape index (κ1) is 20.7. The Balaban J connectivity index is 1.69. The number of aryl methyl sites for hydroxylation is 1. The molecule has 3 rings (SSSR count). The van der Waals surface area contributed by atoms with Gasteiger partial charge < -0.3 is 15.2 Å². The number of aliphatic hydroxyl groups is 1. The molecule has 7 nitrogen and oxygen atoms in total. The lowest BCUT2D eigenvalue weighted by atomic mass is 9.99. The normalized spacial score (nSPS) is 13.6. The molecular weight excluding hydrogens is 409 g/mol. The van der Waals surface area contributed by atoms with E-state index in [-0.39, 0.29) is 11.7 Å². The van der Waals surface area contributed by atoms with Crippen LogP contribution in [0.4, 0.5) is 18.9 Å². The summed E-state index contributed by atoms with van der Waals surface area (Å²) in [6, 6.07) is 7.62. The third-order valence-corrected chi connectivity index (χ3v) is 4.86. The molecule has 0 saturated carbocycles. The van der Waals surface area contributed by atoms with Gasteiger partial charge in [-0.15, -0.1) is 11.3 Å². The van der Waals surface area contributed by atoms with Crippen LogP contribution in [0.5, 0.6) is 11.8 Å². The quantitative estimate of drug-likeness (QED) is 0.625. The molecule has 2 heterocycles. The summed E-state index contributed by atoms with van der Waals surface area (Å²) in [5.74, 6) is -0.642. The SMILES string of the molecule is Cc1csc(C(O)(CC(=O)Nc2ccc(Oc3ncccn3)cc2)C(F)(F)F)n1. The van der Waals surface area contributed by atoms with Crippen molar-refractivity contribution in [3.63, 3.8) is 0 Å². The molecule has 0 radical (unpaired) electrons. The molecule has 1 aromatic carbocycles. The molecule has 0 aliphatic rings. The number of ether oxygens (including phenoxy) is 1. The van der Waals surface area contributed by atoms with Crippen molar-refractivity contribution in [2.45, 2.75) is 25.1 Å². The molecule has 11 heteroatoms. The molecule has 2 N–H and O–H groups in total. The van der Waals surface area contributed by atoms with Crippen molar-refractivity contribution >= 4 is 22.9 Å². The number of anilines is 1. The van der Waals surface area contributed by atoms with Crippen LogP contribution in [0.25, 0.3) is 0 Å². The fourth-order valence-corrected chi connectivity index (χ4v) is 3.24. The van der Waals surface area contributed by atoms with E-state index in [1.165, 1.54) is 49.0 Å². The van der Waals surface area contributed by atoms with Gasteiger partial charge in [-0.3, -0.25) is 4.79 Å². The number of carbonyl (C=O) groups excluding carboxylic acids is 1. The average molecular weight is 424 g/mol. The summed E-state index contributed by atoms with van der Waals surface area (Å²) >= 11 is 0.645. The first-order valence-electron chi connectivity index (χ1n) is 8.24. The lowest BCUT2D eigenvalue weighted by molar-refractivity contribution is -0.266. The second-order valence-electron chi connectivity index (χ2n) is 6.03. The van der Waals surface area contributed by atoms with Crippen LogP contribution in [0, 0.1) is 6.92 Å². The van der Waals surface area contributed by atoms with Crippen molar-refractivity contribution in [2.75, 3.05) is 5.32 Å². The van der Waals surface area contributed by atoms with E-state index in [4.69, 9.17) is 4.74 Å². The Labute approximate surface area is 167 Å². The molecule has 152 valence electrons. The zero-order valence-corrected chi connectivity index (χ0v) is 15.8. The van der Waals surface area contributed by atoms with E-state index in [0.717, 1.165) is 0 Å². The molecule has 1 amide bonds. The van der Waals surface area contributed by atoms with E-state index in [1.54, 1.807) is 6.07 Å². The van der Waals surface area contributed by atoms with Gasteiger partial charge in [0.25, 0.3) is 0 Å². The Morgan fingerprint density at radius 3 is 2.41 bits per heavy atom. The highest BCUT2D eigenvalue weighted by Gasteiger charge is 2.58. The van der Waals surface area contributed by atoms with Crippen LogP contribution in [0.15, 0.2) is 48.1 Å². The highest BCUT2D eigenvalue weighted by Crippen LogP contribution is 2.43. The summed E-state index contributed by atoms with van der Waals surface area (Å²) in [4.78, 5) is 23.7. The number of thiazole rings is 1. The second kappa shape index (κ2) is 8.13. The highest BCUT2D eigenvalue weighted by molar-refractivity contribution is 7.09. The van der Waals surface area contributed by atoms with Crippen LogP contribution < -0.4 is 10.1 Å². The zero-order valence-electron chi connectivity index (χ0n) is 15.0. The van der Waals surface area contributed by atoms with Gasteiger partial charge in [-0.25, -0.2) is 15.0 Å². The van der Waals surface area contributed by atoms with Gasteiger partial charge in [0.05, 0.1) is 6.42 Å². The minimum absolute atomic E-state index is 0.123. The number of alkyl halides is 3. The summed E-state index contributed by atoms with van der Waals surface area (Å²) < 4.78 is 45.8. The number of aromatic nitrogens is 3. The van der Waals surface area contributed by atoms with Crippen LogP contribution in [0.1, 0.15) is 17.1 Å². The molecule has 0 aliphatic heterocycles. The monoisotopic (exact) mass is 424 g/mol. The van der Waals surface area contributed by atoms with Gasteiger partial charge >= 0.3 is 12.2 Å². The van der Waals surface area contributed by atoms with Gasteiger partial charge in [0.1, 0.15) is 10.8 Å². The Kier molecular flexibility index (Phi) is 5.80. The Morgan fingerprint density at radius 1 is 1.21 bits per heavy atom. The smallest absolute Gasteiger partial charge is 0.424 e. The number of hydrogen-bond donors (Lipinski definition) is 2. The lowest BCUT2D eigenvalue weighted by Gasteiger charge is -2.27. The molecule has 2 aromatic heterocycles. The van der Waals surface area contributed by atoms with E-state index in [2.05, 4.69) is 20.3 Å². The Hall–Kier alpha value is -3.05. The summed E-state index contributed by atoms with van der Waals surface area (Å²) in [7, 11) is 0. The predicted octanol–water partition coefficient (Wildman–Crippen LogP) is 3.81. The van der Waals surface area contributed by atoms with Crippen molar-refractivity contribution in [1.82, 2.24) is 15.0 Å². The minimum Gasteiger partial charge on any atom is -0.424 e. The van der Waals surface area contributed by atoms with Gasteiger partial charge in [0, 0.05) is 29.2 Å². The number of benzene rings is 1. The van der Waals surface area contributed by atoms with E-state index < -0.39 is 29.1 Å². The molecule has 0 saturated heterocycles. The first-order valence-corrected chi connectivity index (χ1v) is 9.12. The van der Waals surface area contributed by atoms with E-state index in [1.807, 2.05) is 0 Å². The summed E-state index contributed by atoms with van der Waals surface area (Å²) in [5, 5.41) is 13.3. The van der Waals surface area contributed by atoms with Crippen LogP contribution in [0.3, 0.4) is 0 Å². The fourth-order valence-electron chi connectivity index (χ4n) is 2.33. The predicted molar refractivity (Wildman–Crippen MR) is 98.6 cm³/mol. The molecule has 3 aromatic rings. The average Bonchev–Trinajstić information content (AvgIpc) is 3.10. The summed E-state index contributed by atoms with van der Waals surface area (Å²) in [5.41, 5.74) is -2.81. The van der Waals surface area contributed by atoms with Crippen molar-refractivity contribution < 1.29 is 27.8 Å². The summed E-state index contributed by atoms with van der Waals surface area (Å²) in [6.45, 7) is 1.50. The second-order valence-corrected chi connectivity index (χ2v) is 6.89. The maximum absolute atomic E-state index is 13.5. The molecule has 1 unspecified atom stereocenters. The first-order chi connectivity index (χ1) is 13.7. The van der Waals surface area contributed by atoms with Gasteiger partial charge in [-0.2, -0.15) is 13.2 Å². The van der Waals surface area contributed by atoms with Crippen molar-refractivity contribution in [2.24, 2.45) is 0 Å². The third-order valence-electron chi connectivity index (χ3n) is 3.75. The number of amides is 1. The molecule has 1 atom stereocenters. The largest absolute Gasteiger partial charge is 0.424 e. The molecule has 0 bridgehead atoms. The molecule has 29 heavy (non-hydrogen) atoms. The lowest BCUT2D eigenvalue weighted by Crippen LogP contribution is -2.45. The number of hydrogen-bond acceptors (Lipinski definition) is 7. The number of halogens is 3. The number of nitrogens with one attached hydrogen (secondary N) is 1. The maximum Gasteiger partial charge on any atom is 0.424 e. The van der Waals surface area contributed by atoms with Crippen molar-refractivity contribution in [3.8, 4) is 11.8 Å². The Morgan fingerprint density at radius 2 is 1.86 bits per heavy atom. The topological polar surface area (TPSA) is 97.2 Å². The van der Waals surface area contributed by atoms with Crippen LogP contribution in [0.2, 0.25) is 0 Å². The number of nitrogens with zero attached hydrogens (tertiary/aromatic N) is 3. The van der Waals surface area contributed by atoms with Crippen LogP contribution >= 0.6 is 11.3 Å². The molecule has 0 aliphatic carbocycles. The molecule has 0 fully saturated rings. The fraction of sp³-hybridized carbons (Fsp3) is 0.222. The van der Waals surface area contributed by atoms with Crippen molar-refractivity contribution in [1.29, 1.82) is 0 Å². The van der Waals surface area contributed by atoms with E-state index >= 15 is 0 Å². The molecular formula is C18H15F3N4O3S. The zero-order chi connectivity index (χ0) is 21.1. The van der Waals surface area contributed by atoms with Crippen LogP contribution in [-0.2, 0) is 10.4 Å². The minimum atomic E-state index is -5.07. The molecule has 0 spiro atoms. The highest BCUT2D eigenvalue weighted by atomic mass is 32.1. The standard InChI is InChI=1S/C18H15F3N4O3S/c1-11-10-29-15(24-11)17(27,18(19,20)21)9-14(26)25-12-3-5-13(6-4-12)28-16-22-7-2-8-23-16/h2-8,10,27H,9H2,1H3,(H,25,26). The number of carbonyl (C=O) groups is 1. The van der Waals surface area contributed by atoms with Crippen molar-refractivity contribution in [3.05, 3.63) is 58.8 Å². The third kappa shape index (κ3) is 4.87. The van der Waals surface area contributed by atoms with Gasteiger partial charge in [-0.05, 0) is 37.3 Å². The Bertz CT molecular complexity index is 980. The maximum atomic E-state index is 13.5. The van der Waals surface area contributed by atoms with Gasteiger partial charge in [0.2, 0.25) is 11.5 Å². The van der Waals surface area contributed by atoms with E-state index in [0.29, 0.717) is 22.8 Å². The van der Waals surface area contributed by atoms with Crippen LogP contribution in [-0.4, -0.2) is 32.1 Å². The summed E-state index contributed by atoms with van der Waals surface area (Å²) in [6.07, 6.45) is -3.28. The van der Waals surface area contributed by atoms with Gasteiger partial charge in [-0.1, -0.05) is 0 Å². The van der Waals surface area contributed by atoms with Gasteiger partial charge in [0.15, 0.2) is 0 Å². The van der Waals surface area contributed by atoms with E-state index in [9.17, 15) is 23.1 Å².